The topological polar surface area (TPSA) is 132 Å². The lowest BCUT2D eigenvalue weighted by Crippen LogP contribution is -2.45. The predicted octanol–water partition coefficient (Wildman–Crippen LogP) is 7.90. The van der Waals surface area contributed by atoms with Gasteiger partial charge in [0.25, 0.3) is 0 Å². The summed E-state index contributed by atoms with van der Waals surface area (Å²) in [5.74, 6) is -4.45. The second-order valence-electron chi connectivity index (χ2n) is 8.70. The highest BCUT2D eigenvalue weighted by Crippen LogP contribution is 2.60. The van der Waals surface area contributed by atoms with Gasteiger partial charge in [0.2, 0.25) is 11.4 Å². The molecule has 3 aromatic rings. The summed E-state index contributed by atoms with van der Waals surface area (Å²) in [5, 5.41) is 31.4. The van der Waals surface area contributed by atoms with E-state index in [4.69, 9.17) is 18.9 Å². The van der Waals surface area contributed by atoms with E-state index in [-0.39, 0.29) is 71.9 Å². The molecule has 3 N–H and O–H groups in total. The smallest absolute Gasteiger partial charge is 0.348 e. The molecule has 0 aromatic heterocycles. The van der Waals surface area contributed by atoms with Gasteiger partial charge in [-0.25, -0.2) is 9.59 Å². The first kappa shape index (κ1) is 33.4. The molecule has 222 valence electrons. The molecule has 2 atom stereocenters. The van der Waals surface area contributed by atoms with E-state index in [1.165, 1.54) is 43.5 Å². The number of hydrogen-bond acceptors (Lipinski definition) is 9. The molecule has 0 saturated heterocycles. The summed E-state index contributed by atoms with van der Waals surface area (Å²) in [5.41, 5.74) is -2.06. The Balaban J connectivity index is 2.31. The highest BCUT2D eigenvalue weighted by Gasteiger charge is 2.65. The number of rotatable bonds is 6. The summed E-state index contributed by atoms with van der Waals surface area (Å²) in [6, 6.07) is 8.81. The number of phenols is 3. The van der Waals surface area contributed by atoms with Crippen LogP contribution >= 0.6 is 95.6 Å². The summed E-state index contributed by atoms with van der Waals surface area (Å²) < 4.78 is 24.6. The Morgan fingerprint density at radius 2 is 1.07 bits per heavy atom. The van der Waals surface area contributed by atoms with Gasteiger partial charge in [-0.15, -0.1) is 0 Å². The third-order valence-corrected chi connectivity index (χ3v) is 10.1. The Hall–Kier alpha value is -1.46. The van der Waals surface area contributed by atoms with E-state index in [0.29, 0.717) is 0 Å². The Morgan fingerprint density at radius 1 is 0.667 bits per heavy atom. The number of esters is 2. The number of benzene rings is 3. The maximum atomic E-state index is 14.0. The molecule has 9 nitrogen and oxygen atoms in total. The van der Waals surface area contributed by atoms with Crippen LogP contribution < -0.4 is 0 Å². The highest BCUT2D eigenvalue weighted by atomic mass is 79.9. The Kier molecular flexibility index (Phi) is 9.95. The molecule has 1 aliphatic rings. The summed E-state index contributed by atoms with van der Waals surface area (Å²) in [6.45, 7) is 0. The predicted molar refractivity (Wildman–Crippen MR) is 173 cm³/mol. The molecule has 0 bridgehead atoms. The minimum absolute atomic E-state index is 0.0217. The van der Waals surface area contributed by atoms with Crippen LogP contribution in [0.5, 0.6) is 17.2 Å². The van der Waals surface area contributed by atoms with Gasteiger partial charge in [0.1, 0.15) is 17.2 Å². The Labute approximate surface area is 289 Å². The van der Waals surface area contributed by atoms with Gasteiger partial charge in [-0.05, 0) is 138 Å². The number of methoxy groups -OCH3 is 3. The molecule has 15 heteroatoms. The first-order valence-electron chi connectivity index (χ1n) is 11.4. The van der Waals surface area contributed by atoms with Crippen LogP contribution in [0.2, 0.25) is 0 Å². The monoisotopic (exact) mass is 960 g/mol. The molecule has 0 aliphatic carbocycles. The molecular weight excluding hydrogens is 948 g/mol. The van der Waals surface area contributed by atoms with Crippen molar-refractivity contribution in [2.24, 2.45) is 0 Å². The number of phenolic OH excluding ortho intramolecular Hbond substituents is 3. The Morgan fingerprint density at radius 3 is 1.45 bits per heavy atom. The lowest BCUT2D eigenvalue weighted by atomic mass is 9.81. The number of carbonyl (C=O) groups excluding carboxylic acids is 2. The van der Waals surface area contributed by atoms with Crippen molar-refractivity contribution < 1.29 is 43.9 Å². The number of carbonyl (C=O) groups is 2. The largest absolute Gasteiger partial charge is 0.506 e. The average molecular weight is 966 g/mol. The fourth-order valence-electron chi connectivity index (χ4n) is 4.65. The lowest BCUT2D eigenvalue weighted by molar-refractivity contribution is -0.238. The molecule has 1 aliphatic heterocycles. The quantitative estimate of drug-likeness (QED) is 0.211. The van der Waals surface area contributed by atoms with E-state index in [1.54, 1.807) is 0 Å². The van der Waals surface area contributed by atoms with Crippen LogP contribution in [0.4, 0.5) is 0 Å². The van der Waals surface area contributed by atoms with Crippen LogP contribution in [-0.4, -0.2) is 48.6 Å². The van der Waals surface area contributed by atoms with Crippen molar-refractivity contribution in [1.82, 2.24) is 0 Å². The highest BCUT2D eigenvalue weighted by molar-refractivity contribution is 9.11. The van der Waals surface area contributed by atoms with E-state index < -0.39 is 23.3 Å². The standard InChI is InChI=1S/C27H18Br6O9/c1-39-24(37)20-19(10-4-13(28)21(34)14(29)5-10)27(41-3,12-8-17(32)23(36)18(33)9-12)42-26(20,25(38)40-2)11-6-15(30)22(35)16(31)7-11/h4-9,34-36H,1-3H3/t26-,27-/m0/s1. The van der Waals surface area contributed by atoms with Crippen molar-refractivity contribution in [2.45, 2.75) is 11.4 Å². The molecule has 0 saturated carbocycles. The molecule has 42 heavy (non-hydrogen) atoms. The normalized spacial score (nSPS) is 20.1. The van der Waals surface area contributed by atoms with Crippen LogP contribution in [0.15, 0.2) is 68.8 Å². The van der Waals surface area contributed by atoms with E-state index in [2.05, 4.69) is 95.6 Å². The fraction of sp³-hybridized carbons (Fsp3) is 0.185. The third kappa shape index (κ3) is 5.27. The van der Waals surface area contributed by atoms with E-state index in [1.807, 2.05) is 0 Å². The first-order valence-corrected chi connectivity index (χ1v) is 16.2. The maximum absolute atomic E-state index is 14.0. The maximum Gasteiger partial charge on any atom is 0.348 e. The zero-order valence-corrected chi connectivity index (χ0v) is 31.0. The van der Waals surface area contributed by atoms with Crippen molar-refractivity contribution in [1.29, 1.82) is 0 Å². The summed E-state index contributed by atoms with van der Waals surface area (Å²) in [6.07, 6.45) is 0. The van der Waals surface area contributed by atoms with Crippen molar-refractivity contribution in [2.75, 3.05) is 21.3 Å². The fourth-order valence-corrected chi connectivity index (χ4v) is 8.21. The Bertz CT molecular complexity index is 1600. The molecule has 0 spiro atoms. The average Bonchev–Trinajstić information content (AvgIpc) is 3.29. The minimum Gasteiger partial charge on any atom is -0.506 e. The minimum atomic E-state index is -2.35. The van der Waals surface area contributed by atoms with Crippen LogP contribution in [0.25, 0.3) is 5.57 Å². The molecule has 3 aromatic carbocycles. The summed E-state index contributed by atoms with van der Waals surface area (Å²) in [4.78, 5) is 27.9. The van der Waals surface area contributed by atoms with Gasteiger partial charge in [-0.2, -0.15) is 0 Å². The van der Waals surface area contributed by atoms with Crippen LogP contribution in [-0.2, 0) is 39.9 Å². The zero-order chi connectivity index (χ0) is 31.3. The molecule has 4 rings (SSSR count). The van der Waals surface area contributed by atoms with Crippen molar-refractivity contribution in [3.8, 4) is 17.2 Å². The lowest BCUT2D eigenvalue weighted by Gasteiger charge is -2.36. The molecule has 0 amide bonds. The van der Waals surface area contributed by atoms with E-state index in [0.717, 1.165) is 14.2 Å². The number of aromatic hydroxyl groups is 3. The summed E-state index contributed by atoms with van der Waals surface area (Å²) >= 11 is 19.9. The van der Waals surface area contributed by atoms with Crippen LogP contribution in [0.1, 0.15) is 16.7 Å². The first-order chi connectivity index (χ1) is 19.7. The number of ether oxygens (including phenoxy) is 4. The summed E-state index contributed by atoms with van der Waals surface area (Å²) in [7, 11) is 3.58. The third-order valence-electron chi connectivity index (χ3n) is 6.50. The SMILES string of the molecule is COC(=O)C1=C(c2cc(Br)c(O)c(Br)c2)[C@](OC)(c2cc(Br)c(O)c(Br)c2)O[C@@]1(C(=O)OC)c1cc(Br)c(O)c(Br)c1. The molecule has 0 radical (unpaired) electrons. The van der Waals surface area contributed by atoms with Gasteiger partial charge in [-0.1, -0.05) is 0 Å². The van der Waals surface area contributed by atoms with Crippen molar-refractivity contribution >= 4 is 113 Å². The van der Waals surface area contributed by atoms with Gasteiger partial charge in [0, 0.05) is 23.8 Å². The van der Waals surface area contributed by atoms with Gasteiger partial charge in [-0.3, -0.25) is 0 Å². The van der Waals surface area contributed by atoms with Crippen LogP contribution in [0.3, 0.4) is 0 Å². The van der Waals surface area contributed by atoms with E-state index in [9.17, 15) is 24.9 Å². The van der Waals surface area contributed by atoms with Gasteiger partial charge < -0.3 is 34.3 Å². The van der Waals surface area contributed by atoms with E-state index >= 15 is 0 Å². The zero-order valence-electron chi connectivity index (χ0n) is 21.5. The molecule has 0 fully saturated rings. The van der Waals surface area contributed by atoms with Crippen LogP contribution in [0, 0.1) is 0 Å². The van der Waals surface area contributed by atoms with Crippen molar-refractivity contribution in [3.05, 3.63) is 85.5 Å². The van der Waals surface area contributed by atoms with Gasteiger partial charge in [0.15, 0.2) is 0 Å². The second-order valence-corrected chi connectivity index (χ2v) is 13.8. The number of halogens is 6. The molecular formula is C27H18Br6O9. The second kappa shape index (κ2) is 12.5. The molecule has 1 heterocycles. The molecule has 0 unspecified atom stereocenters. The van der Waals surface area contributed by atoms with Gasteiger partial charge >= 0.3 is 11.9 Å². The number of hydrogen-bond donors (Lipinski definition) is 3. The van der Waals surface area contributed by atoms with Crippen molar-refractivity contribution in [3.63, 3.8) is 0 Å². The van der Waals surface area contributed by atoms with Gasteiger partial charge in [0.05, 0.1) is 46.6 Å².